The Morgan fingerprint density at radius 2 is 1.70 bits per heavy atom. The number of rotatable bonds is 4. The van der Waals surface area contributed by atoms with Gasteiger partial charge < -0.3 is 9.84 Å². The molecule has 5 aliphatic rings. The molecular formula is C34H56O3. The summed E-state index contributed by atoms with van der Waals surface area (Å²) in [5.41, 5.74) is 1.97. The molecule has 11 atom stereocenters. The third kappa shape index (κ3) is 3.64. The Balaban J connectivity index is 1.52. The number of fused-ring (bicyclic) bond motifs is 7. The standard InChI is InChI=1S/C34H56O3/c1-9-10-21-37-29(36)34(8)26-14-18-33(7)25(31(26,5)17-15-27(34)35)12-11-24-28-23(3)22(2)13-16-30(28,4)19-20-32(24,33)6/h11,22-23,25-28,35H,9-10,12-21H2,1-8H3/t22-,23+,25-,26-,27-,28+,30-,31-,32-,33-,34-/m1/s1. The molecule has 5 aliphatic carbocycles. The van der Waals surface area contributed by atoms with Crippen LogP contribution in [0.15, 0.2) is 11.6 Å². The molecule has 3 heteroatoms. The minimum atomic E-state index is -0.800. The number of hydrogen-bond acceptors (Lipinski definition) is 3. The van der Waals surface area contributed by atoms with Crippen molar-refractivity contribution in [2.24, 2.45) is 56.7 Å². The van der Waals surface area contributed by atoms with Gasteiger partial charge >= 0.3 is 5.97 Å². The highest BCUT2D eigenvalue weighted by atomic mass is 16.5. The summed E-state index contributed by atoms with van der Waals surface area (Å²) in [7, 11) is 0. The molecule has 0 bridgehead atoms. The highest BCUT2D eigenvalue weighted by molar-refractivity contribution is 5.78. The fourth-order valence-electron chi connectivity index (χ4n) is 11.3. The van der Waals surface area contributed by atoms with E-state index in [0.29, 0.717) is 30.3 Å². The molecule has 0 radical (unpaired) electrons. The molecule has 0 aromatic carbocycles. The first-order chi connectivity index (χ1) is 17.3. The number of aliphatic hydroxyl groups is 1. The summed E-state index contributed by atoms with van der Waals surface area (Å²) in [5, 5.41) is 11.3. The van der Waals surface area contributed by atoms with E-state index < -0.39 is 11.5 Å². The van der Waals surface area contributed by atoms with Crippen LogP contribution in [0, 0.1) is 56.7 Å². The van der Waals surface area contributed by atoms with Crippen LogP contribution in [-0.2, 0) is 9.53 Å². The number of esters is 1. The zero-order chi connectivity index (χ0) is 27.0. The number of unbranched alkanes of at least 4 members (excludes halogenated alkanes) is 1. The summed E-state index contributed by atoms with van der Waals surface area (Å²) in [4.78, 5) is 13.6. The summed E-state index contributed by atoms with van der Waals surface area (Å²) >= 11 is 0. The predicted octanol–water partition coefficient (Wildman–Crippen LogP) is 8.35. The highest BCUT2D eigenvalue weighted by Gasteiger charge is 2.70. The monoisotopic (exact) mass is 512 g/mol. The molecule has 0 aromatic heterocycles. The van der Waals surface area contributed by atoms with Crippen molar-refractivity contribution < 1.29 is 14.6 Å². The molecule has 37 heavy (non-hydrogen) atoms. The molecule has 0 heterocycles. The van der Waals surface area contributed by atoms with Crippen molar-refractivity contribution in [3.8, 4) is 0 Å². The number of aliphatic hydroxyl groups excluding tert-OH is 1. The minimum Gasteiger partial charge on any atom is -0.465 e. The van der Waals surface area contributed by atoms with Crippen LogP contribution < -0.4 is 0 Å². The van der Waals surface area contributed by atoms with E-state index >= 15 is 0 Å². The van der Waals surface area contributed by atoms with Gasteiger partial charge in [0.15, 0.2) is 0 Å². The third-order valence-corrected chi connectivity index (χ3v) is 14.2. The van der Waals surface area contributed by atoms with Gasteiger partial charge in [0, 0.05) is 0 Å². The Kier molecular flexibility index (Phi) is 6.82. The summed E-state index contributed by atoms with van der Waals surface area (Å²) in [6.07, 6.45) is 14.5. The molecule has 0 spiro atoms. The van der Waals surface area contributed by atoms with E-state index in [2.05, 4.69) is 54.5 Å². The Bertz CT molecular complexity index is 939. The molecule has 3 nitrogen and oxygen atoms in total. The first-order valence-electron chi connectivity index (χ1n) is 15.9. The Hall–Kier alpha value is -0.830. The maximum absolute atomic E-state index is 13.6. The lowest BCUT2D eigenvalue weighted by atomic mass is 9.33. The number of hydrogen-bond donors (Lipinski definition) is 1. The van der Waals surface area contributed by atoms with E-state index in [9.17, 15) is 9.90 Å². The molecule has 4 saturated carbocycles. The molecule has 0 saturated heterocycles. The molecule has 1 N–H and O–H groups in total. The second-order valence-corrected chi connectivity index (χ2v) is 15.6. The van der Waals surface area contributed by atoms with Gasteiger partial charge in [-0.3, -0.25) is 4.79 Å². The van der Waals surface area contributed by atoms with Crippen LogP contribution in [0.1, 0.15) is 126 Å². The second kappa shape index (κ2) is 9.10. The van der Waals surface area contributed by atoms with E-state index in [1.54, 1.807) is 5.57 Å². The topological polar surface area (TPSA) is 46.5 Å². The van der Waals surface area contributed by atoms with Crippen LogP contribution in [-0.4, -0.2) is 23.8 Å². The average Bonchev–Trinajstić information content (AvgIpc) is 2.85. The van der Waals surface area contributed by atoms with E-state index in [1.807, 2.05) is 6.92 Å². The fraction of sp³-hybridized carbons (Fsp3) is 0.912. The van der Waals surface area contributed by atoms with Crippen molar-refractivity contribution in [1.82, 2.24) is 0 Å². The predicted molar refractivity (Wildman–Crippen MR) is 151 cm³/mol. The second-order valence-electron chi connectivity index (χ2n) is 15.6. The first-order valence-corrected chi connectivity index (χ1v) is 15.9. The molecule has 0 amide bonds. The first kappa shape index (κ1) is 27.7. The zero-order valence-corrected chi connectivity index (χ0v) is 25.3. The lowest BCUT2D eigenvalue weighted by Gasteiger charge is -2.71. The van der Waals surface area contributed by atoms with Crippen LogP contribution in [0.3, 0.4) is 0 Å². The summed E-state index contributed by atoms with van der Waals surface area (Å²) in [6, 6.07) is 0. The Morgan fingerprint density at radius 1 is 0.973 bits per heavy atom. The van der Waals surface area contributed by atoms with Crippen LogP contribution in [0.5, 0.6) is 0 Å². The van der Waals surface area contributed by atoms with Gasteiger partial charge in [-0.1, -0.05) is 66.5 Å². The van der Waals surface area contributed by atoms with Crippen LogP contribution >= 0.6 is 0 Å². The summed E-state index contributed by atoms with van der Waals surface area (Å²) in [5.74, 6) is 2.84. The number of allylic oxidation sites excluding steroid dienone is 2. The maximum atomic E-state index is 13.6. The molecule has 210 valence electrons. The van der Waals surface area contributed by atoms with E-state index in [0.717, 1.165) is 50.4 Å². The van der Waals surface area contributed by atoms with Gasteiger partial charge in [0.1, 0.15) is 0 Å². The molecular weight excluding hydrogens is 456 g/mol. The van der Waals surface area contributed by atoms with Crippen LogP contribution in [0.25, 0.3) is 0 Å². The van der Waals surface area contributed by atoms with Crippen molar-refractivity contribution in [2.75, 3.05) is 6.61 Å². The number of carbonyl (C=O) groups is 1. The number of ether oxygens (including phenoxy) is 1. The van der Waals surface area contributed by atoms with Crippen molar-refractivity contribution in [1.29, 1.82) is 0 Å². The quantitative estimate of drug-likeness (QED) is 0.234. The van der Waals surface area contributed by atoms with Gasteiger partial charge in [-0.25, -0.2) is 0 Å². The van der Waals surface area contributed by atoms with E-state index in [1.165, 1.54) is 25.7 Å². The summed E-state index contributed by atoms with van der Waals surface area (Å²) in [6.45, 7) is 20.0. The van der Waals surface area contributed by atoms with Gasteiger partial charge in [0.05, 0.1) is 18.1 Å². The lowest BCUT2D eigenvalue weighted by Crippen LogP contribution is -2.66. The van der Waals surface area contributed by atoms with Crippen molar-refractivity contribution in [2.45, 2.75) is 132 Å². The van der Waals surface area contributed by atoms with Crippen molar-refractivity contribution in [3.05, 3.63) is 11.6 Å². The maximum Gasteiger partial charge on any atom is 0.314 e. The normalized spacial score (nSPS) is 53.2. The Morgan fingerprint density at radius 3 is 2.41 bits per heavy atom. The van der Waals surface area contributed by atoms with Crippen LogP contribution in [0.4, 0.5) is 0 Å². The third-order valence-electron chi connectivity index (χ3n) is 14.2. The van der Waals surface area contributed by atoms with Gasteiger partial charge in [-0.15, -0.1) is 0 Å². The largest absolute Gasteiger partial charge is 0.465 e. The van der Waals surface area contributed by atoms with Gasteiger partial charge in [-0.2, -0.15) is 0 Å². The zero-order valence-electron chi connectivity index (χ0n) is 25.3. The van der Waals surface area contributed by atoms with E-state index in [-0.39, 0.29) is 28.1 Å². The highest BCUT2D eigenvalue weighted by Crippen LogP contribution is 2.75. The lowest BCUT2D eigenvalue weighted by molar-refractivity contribution is -0.220. The van der Waals surface area contributed by atoms with E-state index in [4.69, 9.17) is 4.74 Å². The molecule has 5 rings (SSSR count). The molecule has 0 aliphatic heterocycles. The van der Waals surface area contributed by atoms with Gasteiger partial charge in [0.2, 0.25) is 0 Å². The number of carbonyl (C=O) groups excluding carboxylic acids is 1. The average molecular weight is 513 g/mol. The molecule has 0 unspecified atom stereocenters. The van der Waals surface area contributed by atoms with Crippen LogP contribution in [0.2, 0.25) is 0 Å². The summed E-state index contributed by atoms with van der Waals surface area (Å²) < 4.78 is 5.84. The SMILES string of the molecule is CCCCOC(=O)[C@@]1(C)[C@H](O)CC[C@@]2(C)[C@H]1CC[C@]1(C)[C@@H]2CC=C2[C@@H]3[C@@H](C)[C@H](C)CC[C@]3(C)CC[C@]21C. The minimum absolute atomic E-state index is 0.0437. The van der Waals surface area contributed by atoms with Gasteiger partial charge in [-0.05, 0) is 122 Å². The van der Waals surface area contributed by atoms with Gasteiger partial charge in [0.25, 0.3) is 0 Å². The van der Waals surface area contributed by atoms with Crippen molar-refractivity contribution in [3.63, 3.8) is 0 Å². The van der Waals surface area contributed by atoms with Crippen molar-refractivity contribution >= 4 is 5.97 Å². The molecule has 4 fully saturated rings. The molecule has 0 aromatic rings. The Labute approximate surface area is 227 Å². The fourth-order valence-corrected chi connectivity index (χ4v) is 11.3. The smallest absolute Gasteiger partial charge is 0.314 e.